The SMILES string of the molecule is COc1cc(C(C)C)cc(NC2CCC2)n1. The lowest BCUT2D eigenvalue weighted by Crippen LogP contribution is -2.27. The molecule has 1 fully saturated rings. The molecule has 1 heterocycles. The van der Waals surface area contributed by atoms with Gasteiger partial charge in [-0.05, 0) is 36.8 Å². The summed E-state index contributed by atoms with van der Waals surface area (Å²) in [6, 6.07) is 4.75. The molecule has 1 aliphatic rings. The summed E-state index contributed by atoms with van der Waals surface area (Å²) in [4.78, 5) is 4.42. The van der Waals surface area contributed by atoms with Crippen molar-refractivity contribution in [2.75, 3.05) is 12.4 Å². The molecule has 0 aromatic carbocycles. The third-order valence-corrected chi connectivity index (χ3v) is 3.16. The maximum absolute atomic E-state index is 5.23. The van der Waals surface area contributed by atoms with Crippen LogP contribution in [0.15, 0.2) is 12.1 Å². The molecular weight excluding hydrogens is 200 g/mol. The summed E-state index contributed by atoms with van der Waals surface area (Å²) in [6.45, 7) is 4.36. The highest BCUT2D eigenvalue weighted by atomic mass is 16.5. The molecule has 3 heteroatoms. The van der Waals surface area contributed by atoms with Gasteiger partial charge in [-0.25, -0.2) is 0 Å². The van der Waals surface area contributed by atoms with Crippen LogP contribution in [0, 0.1) is 0 Å². The van der Waals surface area contributed by atoms with E-state index in [-0.39, 0.29) is 0 Å². The zero-order chi connectivity index (χ0) is 11.5. The van der Waals surface area contributed by atoms with Gasteiger partial charge in [-0.1, -0.05) is 13.8 Å². The lowest BCUT2D eigenvalue weighted by atomic mass is 9.93. The minimum atomic E-state index is 0.499. The van der Waals surface area contributed by atoms with Crippen LogP contribution in [-0.2, 0) is 0 Å². The van der Waals surface area contributed by atoms with Crippen LogP contribution < -0.4 is 10.1 Å². The van der Waals surface area contributed by atoms with Gasteiger partial charge in [0.1, 0.15) is 5.82 Å². The molecule has 88 valence electrons. The van der Waals surface area contributed by atoms with Crippen LogP contribution in [0.1, 0.15) is 44.6 Å². The van der Waals surface area contributed by atoms with Gasteiger partial charge in [0.05, 0.1) is 7.11 Å². The second-order valence-electron chi connectivity index (χ2n) is 4.75. The van der Waals surface area contributed by atoms with Crippen LogP contribution >= 0.6 is 0 Å². The van der Waals surface area contributed by atoms with E-state index in [2.05, 4.69) is 30.2 Å². The second-order valence-corrected chi connectivity index (χ2v) is 4.75. The van der Waals surface area contributed by atoms with Gasteiger partial charge in [0.15, 0.2) is 0 Å². The van der Waals surface area contributed by atoms with E-state index in [1.54, 1.807) is 7.11 Å². The molecular formula is C13H20N2O. The molecule has 16 heavy (non-hydrogen) atoms. The molecule has 1 N–H and O–H groups in total. The first-order valence-electron chi connectivity index (χ1n) is 6.01. The van der Waals surface area contributed by atoms with Crippen LogP contribution in [-0.4, -0.2) is 18.1 Å². The molecule has 0 unspecified atom stereocenters. The monoisotopic (exact) mass is 220 g/mol. The number of rotatable bonds is 4. The fourth-order valence-corrected chi connectivity index (χ4v) is 1.80. The Labute approximate surface area is 97.2 Å². The minimum Gasteiger partial charge on any atom is -0.481 e. The predicted octanol–water partition coefficient (Wildman–Crippen LogP) is 3.18. The quantitative estimate of drug-likeness (QED) is 0.846. The number of hydrogen-bond acceptors (Lipinski definition) is 3. The van der Waals surface area contributed by atoms with Crippen molar-refractivity contribution in [3.8, 4) is 5.88 Å². The number of anilines is 1. The number of nitrogens with one attached hydrogen (secondary N) is 1. The van der Waals surface area contributed by atoms with E-state index in [1.165, 1.54) is 24.8 Å². The summed E-state index contributed by atoms with van der Waals surface area (Å²) >= 11 is 0. The van der Waals surface area contributed by atoms with Gasteiger partial charge in [0.25, 0.3) is 0 Å². The molecule has 3 nitrogen and oxygen atoms in total. The summed E-state index contributed by atoms with van der Waals surface area (Å²) in [5.41, 5.74) is 1.27. The Bertz CT molecular complexity index is 359. The number of pyridine rings is 1. The molecule has 0 aliphatic heterocycles. The molecule has 1 aromatic rings. The van der Waals surface area contributed by atoms with E-state index in [0.29, 0.717) is 17.8 Å². The molecule has 0 bridgehead atoms. The van der Waals surface area contributed by atoms with Crippen LogP contribution in [0.3, 0.4) is 0 Å². The van der Waals surface area contributed by atoms with Gasteiger partial charge in [-0.3, -0.25) is 0 Å². The normalized spacial score (nSPS) is 16.0. The molecule has 1 saturated carbocycles. The molecule has 1 aromatic heterocycles. The molecule has 0 radical (unpaired) electrons. The number of ether oxygens (including phenoxy) is 1. The van der Waals surface area contributed by atoms with Crippen LogP contribution in [0.4, 0.5) is 5.82 Å². The number of hydrogen-bond donors (Lipinski definition) is 1. The summed E-state index contributed by atoms with van der Waals surface area (Å²) in [6.07, 6.45) is 3.85. The first-order valence-corrected chi connectivity index (χ1v) is 6.01. The first-order chi connectivity index (χ1) is 7.69. The Kier molecular flexibility index (Phi) is 3.32. The second kappa shape index (κ2) is 4.73. The molecule has 0 saturated heterocycles. The van der Waals surface area contributed by atoms with Crippen molar-refractivity contribution in [3.63, 3.8) is 0 Å². The van der Waals surface area contributed by atoms with Crippen molar-refractivity contribution >= 4 is 5.82 Å². The van der Waals surface area contributed by atoms with Crippen molar-refractivity contribution in [1.29, 1.82) is 0 Å². The van der Waals surface area contributed by atoms with Gasteiger partial charge in [-0.15, -0.1) is 0 Å². The lowest BCUT2D eigenvalue weighted by Gasteiger charge is -2.27. The van der Waals surface area contributed by atoms with Crippen LogP contribution in [0.2, 0.25) is 0 Å². The first kappa shape index (κ1) is 11.2. The van der Waals surface area contributed by atoms with Crippen molar-refractivity contribution < 1.29 is 4.74 Å². The van der Waals surface area contributed by atoms with Gasteiger partial charge in [-0.2, -0.15) is 4.98 Å². The molecule has 0 spiro atoms. The van der Waals surface area contributed by atoms with Crippen LogP contribution in [0.25, 0.3) is 0 Å². The maximum atomic E-state index is 5.23. The van der Waals surface area contributed by atoms with Gasteiger partial charge in [0.2, 0.25) is 5.88 Å². The third-order valence-electron chi connectivity index (χ3n) is 3.16. The standard InChI is InChI=1S/C13H20N2O/c1-9(2)10-7-12(14-11-5-4-6-11)15-13(8-10)16-3/h7-9,11H,4-6H2,1-3H3,(H,14,15). The Balaban J connectivity index is 2.18. The molecule has 2 rings (SSSR count). The van der Waals surface area contributed by atoms with Crippen molar-refractivity contribution in [2.45, 2.75) is 45.1 Å². The summed E-state index contributed by atoms with van der Waals surface area (Å²) in [7, 11) is 1.67. The highest BCUT2D eigenvalue weighted by Gasteiger charge is 2.18. The maximum Gasteiger partial charge on any atom is 0.215 e. The zero-order valence-corrected chi connectivity index (χ0v) is 10.3. The predicted molar refractivity (Wildman–Crippen MR) is 66.1 cm³/mol. The van der Waals surface area contributed by atoms with Gasteiger partial charge >= 0.3 is 0 Å². The average Bonchev–Trinajstić information content (AvgIpc) is 2.23. The topological polar surface area (TPSA) is 34.1 Å². The van der Waals surface area contributed by atoms with E-state index >= 15 is 0 Å². The average molecular weight is 220 g/mol. The Morgan fingerprint density at radius 2 is 2.12 bits per heavy atom. The Morgan fingerprint density at radius 3 is 2.62 bits per heavy atom. The number of methoxy groups -OCH3 is 1. The largest absolute Gasteiger partial charge is 0.481 e. The van der Waals surface area contributed by atoms with Gasteiger partial charge < -0.3 is 10.1 Å². The van der Waals surface area contributed by atoms with Crippen molar-refractivity contribution in [2.24, 2.45) is 0 Å². The smallest absolute Gasteiger partial charge is 0.215 e. The summed E-state index contributed by atoms with van der Waals surface area (Å²) in [5.74, 6) is 2.15. The summed E-state index contributed by atoms with van der Waals surface area (Å²) in [5, 5.41) is 3.46. The van der Waals surface area contributed by atoms with E-state index in [0.717, 1.165) is 5.82 Å². The van der Waals surface area contributed by atoms with E-state index in [1.807, 2.05) is 6.07 Å². The third kappa shape index (κ3) is 2.46. The fourth-order valence-electron chi connectivity index (χ4n) is 1.80. The van der Waals surface area contributed by atoms with E-state index < -0.39 is 0 Å². The number of nitrogens with zero attached hydrogens (tertiary/aromatic N) is 1. The molecule has 0 amide bonds. The molecule has 0 atom stereocenters. The van der Waals surface area contributed by atoms with Crippen LogP contribution in [0.5, 0.6) is 5.88 Å². The Hall–Kier alpha value is -1.25. The zero-order valence-electron chi connectivity index (χ0n) is 10.3. The van der Waals surface area contributed by atoms with Crippen molar-refractivity contribution in [3.05, 3.63) is 17.7 Å². The summed E-state index contributed by atoms with van der Waals surface area (Å²) < 4.78 is 5.23. The number of aromatic nitrogens is 1. The molecule has 1 aliphatic carbocycles. The van der Waals surface area contributed by atoms with Gasteiger partial charge in [0, 0.05) is 12.1 Å². The van der Waals surface area contributed by atoms with E-state index in [4.69, 9.17) is 4.74 Å². The highest BCUT2D eigenvalue weighted by Crippen LogP contribution is 2.26. The highest BCUT2D eigenvalue weighted by molar-refractivity contribution is 5.43. The van der Waals surface area contributed by atoms with E-state index in [9.17, 15) is 0 Å². The Morgan fingerprint density at radius 1 is 1.38 bits per heavy atom. The fraction of sp³-hybridized carbons (Fsp3) is 0.615. The van der Waals surface area contributed by atoms with Crippen molar-refractivity contribution in [1.82, 2.24) is 4.98 Å². The lowest BCUT2D eigenvalue weighted by molar-refractivity contribution is 0.396. The minimum absolute atomic E-state index is 0.499.